The fourth-order valence-electron chi connectivity index (χ4n) is 4.16. The van der Waals surface area contributed by atoms with Crippen molar-refractivity contribution in [1.29, 1.82) is 0 Å². The number of nitrogens with one attached hydrogen (secondary N) is 2. The molecule has 2 fully saturated rings. The topological polar surface area (TPSA) is 56.3 Å². The third-order valence-electron chi connectivity index (χ3n) is 5.90. The normalized spacial score (nSPS) is 17.2. The van der Waals surface area contributed by atoms with Gasteiger partial charge in [0, 0.05) is 38.8 Å². The van der Waals surface area contributed by atoms with Crippen molar-refractivity contribution in [2.45, 2.75) is 51.5 Å². The van der Waals surface area contributed by atoms with Gasteiger partial charge in [-0.05, 0) is 62.0 Å². The molecule has 1 aromatic heterocycles. The van der Waals surface area contributed by atoms with Crippen LogP contribution in [0, 0.1) is 5.82 Å². The summed E-state index contributed by atoms with van der Waals surface area (Å²) in [6.45, 7) is 4.63. The van der Waals surface area contributed by atoms with Gasteiger partial charge in [0.05, 0.1) is 0 Å². The summed E-state index contributed by atoms with van der Waals surface area (Å²) >= 11 is 5.48. The second kappa shape index (κ2) is 10.7. The van der Waals surface area contributed by atoms with Gasteiger partial charge in [-0.1, -0.05) is 25.0 Å². The molecular weight excluding hydrogens is 411 g/mol. The van der Waals surface area contributed by atoms with Crippen molar-refractivity contribution in [3.63, 3.8) is 0 Å². The maximum Gasteiger partial charge on any atom is 0.232 e. The number of anilines is 3. The smallest absolute Gasteiger partial charge is 0.232 e. The third kappa shape index (κ3) is 6.26. The highest BCUT2D eigenvalue weighted by molar-refractivity contribution is 7.80. The van der Waals surface area contributed by atoms with Gasteiger partial charge >= 0.3 is 0 Å². The molecule has 0 bridgehead atoms. The van der Waals surface area contributed by atoms with Crippen LogP contribution in [0.4, 0.5) is 22.0 Å². The van der Waals surface area contributed by atoms with Gasteiger partial charge in [0.2, 0.25) is 5.95 Å². The van der Waals surface area contributed by atoms with Crippen molar-refractivity contribution < 1.29 is 4.39 Å². The van der Waals surface area contributed by atoms with Crippen molar-refractivity contribution in [1.82, 2.24) is 15.3 Å². The number of piperidine rings is 1. The lowest BCUT2D eigenvalue weighted by atomic mass is 10.1. The highest BCUT2D eigenvalue weighted by Crippen LogP contribution is 2.25. The molecule has 6 nitrogen and oxygen atoms in total. The molecular formula is C23H31FN6S. The average molecular weight is 443 g/mol. The molecule has 31 heavy (non-hydrogen) atoms. The summed E-state index contributed by atoms with van der Waals surface area (Å²) in [5.74, 6) is 2.23. The van der Waals surface area contributed by atoms with Gasteiger partial charge in [-0.25, -0.2) is 4.39 Å². The van der Waals surface area contributed by atoms with Gasteiger partial charge in [0.25, 0.3) is 0 Å². The predicted molar refractivity (Wildman–Crippen MR) is 128 cm³/mol. The highest BCUT2D eigenvalue weighted by atomic mass is 32.1. The van der Waals surface area contributed by atoms with Gasteiger partial charge < -0.3 is 20.4 Å². The number of nitrogens with zero attached hydrogens (tertiary/aromatic N) is 4. The molecule has 4 rings (SSSR count). The Kier molecular flexibility index (Phi) is 7.51. The summed E-state index contributed by atoms with van der Waals surface area (Å²) in [6.07, 6.45) is 8.63. The van der Waals surface area contributed by atoms with Crippen molar-refractivity contribution >= 4 is 34.9 Å². The monoisotopic (exact) mass is 442 g/mol. The predicted octanol–water partition coefficient (Wildman–Crippen LogP) is 4.47. The van der Waals surface area contributed by atoms with E-state index in [0.29, 0.717) is 17.6 Å². The van der Waals surface area contributed by atoms with Gasteiger partial charge in [0.1, 0.15) is 17.5 Å². The van der Waals surface area contributed by atoms with Crippen molar-refractivity contribution in [2.75, 3.05) is 41.3 Å². The number of halogens is 1. The highest BCUT2D eigenvalue weighted by Gasteiger charge is 2.18. The third-order valence-corrected chi connectivity index (χ3v) is 6.15. The minimum absolute atomic E-state index is 0.242. The van der Waals surface area contributed by atoms with Crippen molar-refractivity contribution in [2.24, 2.45) is 0 Å². The van der Waals surface area contributed by atoms with Crippen LogP contribution in [-0.2, 0) is 6.54 Å². The molecule has 2 N–H and O–H groups in total. The first kappa shape index (κ1) is 21.7. The quantitative estimate of drug-likeness (QED) is 0.663. The van der Waals surface area contributed by atoms with Crippen LogP contribution < -0.4 is 20.4 Å². The van der Waals surface area contributed by atoms with E-state index in [0.717, 1.165) is 43.4 Å². The maximum absolute atomic E-state index is 13.1. The Balaban J connectivity index is 1.48. The minimum atomic E-state index is -0.242. The summed E-state index contributed by atoms with van der Waals surface area (Å²) in [5, 5.41) is 6.79. The van der Waals surface area contributed by atoms with E-state index in [1.165, 1.54) is 57.1 Å². The molecule has 0 radical (unpaired) electrons. The standard InChI is InChI=1S/C23H31FN6S/c24-19-10-8-18(9-11-19)17-25-23(31)28-22-26-20(29-12-4-1-2-5-13-29)16-21(27-22)30-14-6-3-7-15-30/h8-11,16H,1-7,12-15,17H2,(H2,25,26,27,28,31). The zero-order chi connectivity index (χ0) is 21.5. The van der Waals surface area contributed by atoms with Gasteiger partial charge in [-0.15, -0.1) is 0 Å². The van der Waals surface area contributed by atoms with E-state index in [1.807, 2.05) is 0 Å². The molecule has 3 heterocycles. The number of rotatable bonds is 5. The van der Waals surface area contributed by atoms with E-state index in [-0.39, 0.29) is 5.82 Å². The van der Waals surface area contributed by atoms with Crippen LogP contribution in [0.5, 0.6) is 0 Å². The number of benzene rings is 1. The van der Waals surface area contributed by atoms with Gasteiger partial charge in [-0.2, -0.15) is 9.97 Å². The van der Waals surface area contributed by atoms with Crippen LogP contribution in [0.3, 0.4) is 0 Å². The molecule has 0 spiro atoms. The molecule has 2 saturated heterocycles. The Morgan fingerprint density at radius 1 is 0.839 bits per heavy atom. The van der Waals surface area contributed by atoms with Crippen molar-refractivity contribution in [3.05, 3.63) is 41.7 Å². The summed E-state index contributed by atoms with van der Waals surface area (Å²) in [4.78, 5) is 14.3. The van der Waals surface area contributed by atoms with Crippen molar-refractivity contribution in [3.8, 4) is 0 Å². The Labute approximate surface area is 189 Å². The average Bonchev–Trinajstić information content (AvgIpc) is 3.09. The minimum Gasteiger partial charge on any atom is -0.358 e. The number of hydrogen-bond acceptors (Lipinski definition) is 5. The first-order chi connectivity index (χ1) is 15.2. The first-order valence-electron chi connectivity index (χ1n) is 11.4. The van der Waals surface area contributed by atoms with Gasteiger partial charge in [-0.3, -0.25) is 0 Å². The lowest BCUT2D eigenvalue weighted by Crippen LogP contribution is -2.33. The van der Waals surface area contributed by atoms with E-state index in [2.05, 4.69) is 26.5 Å². The summed E-state index contributed by atoms with van der Waals surface area (Å²) in [5.41, 5.74) is 0.957. The Bertz CT molecular complexity index is 861. The summed E-state index contributed by atoms with van der Waals surface area (Å²) in [6, 6.07) is 8.53. The molecule has 8 heteroatoms. The SMILES string of the molecule is Fc1ccc(CNC(=S)Nc2nc(N3CCCCCC3)cc(N3CCCCC3)n2)cc1. The van der Waals surface area contributed by atoms with Crippen LogP contribution in [0.25, 0.3) is 0 Å². The summed E-state index contributed by atoms with van der Waals surface area (Å²) < 4.78 is 13.1. The van der Waals surface area contributed by atoms with Crippen LogP contribution in [0.15, 0.2) is 30.3 Å². The zero-order valence-electron chi connectivity index (χ0n) is 17.9. The summed E-state index contributed by atoms with van der Waals surface area (Å²) in [7, 11) is 0. The van der Waals surface area contributed by atoms with Crippen LogP contribution in [0.2, 0.25) is 0 Å². The Hall–Kier alpha value is -2.48. The molecule has 2 aliphatic rings. The Morgan fingerprint density at radius 3 is 1.90 bits per heavy atom. The first-order valence-corrected chi connectivity index (χ1v) is 11.8. The molecule has 0 aliphatic carbocycles. The van der Waals surface area contributed by atoms with E-state index in [4.69, 9.17) is 22.2 Å². The zero-order valence-corrected chi connectivity index (χ0v) is 18.8. The Morgan fingerprint density at radius 2 is 1.35 bits per heavy atom. The van der Waals surface area contributed by atoms with Crippen LogP contribution in [0.1, 0.15) is 50.5 Å². The lowest BCUT2D eigenvalue weighted by molar-refractivity contribution is 0.573. The van der Waals surface area contributed by atoms with E-state index in [9.17, 15) is 4.39 Å². The number of aromatic nitrogens is 2. The second-order valence-corrected chi connectivity index (χ2v) is 8.70. The molecule has 0 unspecified atom stereocenters. The fourth-order valence-corrected chi connectivity index (χ4v) is 4.32. The number of thiocarbonyl (C=S) groups is 1. The second-order valence-electron chi connectivity index (χ2n) is 8.29. The lowest BCUT2D eigenvalue weighted by Gasteiger charge is -2.29. The van der Waals surface area contributed by atoms with Crippen LogP contribution >= 0.6 is 12.2 Å². The van der Waals surface area contributed by atoms with Crippen LogP contribution in [-0.4, -0.2) is 41.3 Å². The molecule has 0 atom stereocenters. The van der Waals surface area contributed by atoms with E-state index in [1.54, 1.807) is 12.1 Å². The number of hydrogen-bond donors (Lipinski definition) is 2. The largest absolute Gasteiger partial charge is 0.358 e. The molecule has 0 amide bonds. The molecule has 166 valence electrons. The fraction of sp³-hybridized carbons (Fsp3) is 0.522. The molecule has 1 aromatic carbocycles. The van der Waals surface area contributed by atoms with Gasteiger partial charge in [0.15, 0.2) is 5.11 Å². The molecule has 0 saturated carbocycles. The molecule has 2 aliphatic heterocycles. The maximum atomic E-state index is 13.1. The molecule has 2 aromatic rings. The van der Waals surface area contributed by atoms with E-state index < -0.39 is 0 Å². The van der Waals surface area contributed by atoms with E-state index >= 15 is 0 Å².